The maximum Gasteiger partial charge on any atom is 0.309 e. The number of hydrogen-bond donors (Lipinski definition) is 0. The van der Waals surface area contributed by atoms with Crippen molar-refractivity contribution >= 4 is 22.9 Å². The van der Waals surface area contributed by atoms with Gasteiger partial charge in [0.25, 0.3) is 0 Å². The highest BCUT2D eigenvalue weighted by Crippen LogP contribution is 2.54. The predicted molar refractivity (Wildman–Crippen MR) is 139 cm³/mol. The average molecular weight is 508 g/mol. The van der Waals surface area contributed by atoms with E-state index in [2.05, 4.69) is 23.2 Å². The highest BCUT2D eigenvalue weighted by molar-refractivity contribution is 7.13. The van der Waals surface area contributed by atoms with Crippen molar-refractivity contribution in [1.29, 1.82) is 0 Å². The summed E-state index contributed by atoms with van der Waals surface area (Å²) in [6, 6.07) is 12.6. The van der Waals surface area contributed by atoms with Crippen molar-refractivity contribution in [3.05, 3.63) is 76.7 Å². The van der Waals surface area contributed by atoms with Gasteiger partial charge in [-0.1, -0.05) is 12.1 Å². The maximum absolute atomic E-state index is 13.7. The first-order chi connectivity index (χ1) is 17.3. The summed E-state index contributed by atoms with van der Waals surface area (Å²) >= 11 is 1.61. The van der Waals surface area contributed by atoms with Gasteiger partial charge in [0.05, 0.1) is 47.4 Å². The molecule has 1 saturated carbocycles. The largest absolute Gasteiger partial charge is 0.490 e. The number of aromatic nitrogens is 1. The van der Waals surface area contributed by atoms with E-state index in [1.54, 1.807) is 23.5 Å². The molecule has 0 N–H and O–H groups in total. The molecule has 2 heterocycles. The van der Waals surface area contributed by atoms with Crippen LogP contribution in [0.4, 0.5) is 4.39 Å². The summed E-state index contributed by atoms with van der Waals surface area (Å²) < 4.78 is 31.6. The average Bonchev–Trinajstić information content (AvgIpc) is 3.58. The maximum atomic E-state index is 13.7. The Morgan fingerprint density at radius 3 is 2.67 bits per heavy atom. The summed E-state index contributed by atoms with van der Waals surface area (Å²) in [7, 11) is 1.41. The Morgan fingerprint density at radius 2 is 2.00 bits per heavy atom. The lowest BCUT2D eigenvalue weighted by Gasteiger charge is -2.31. The van der Waals surface area contributed by atoms with Gasteiger partial charge in [0.1, 0.15) is 11.6 Å². The molecule has 1 spiro atoms. The van der Waals surface area contributed by atoms with Crippen molar-refractivity contribution in [3.63, 3.8) is 0 Å². The van der Waals surface area contributed by atoms with Gasteiger partial charge in [-0.25, -0.2) is 9.37 Å². The van der Waals surface area contributed by atoms with Gasteiger partial charge in [0.15, 0.2) is 0 Å². The van der Waals surface area contributed by atoms with E-state index < -0.39 is 5.60 Å². The van der Waals surface area contributed by atoms with Crippen LogP contribution in [0.15, 0.2) is 54.1 Å². The van der Waals surface area contributed by atoms with Gasteiger partial charge >= 0.3 is 5.97 Å². The Kier molecular flexibility index (Phi) is 6.70. The van der Waals surface area contributed by atoms with Gasteiger partial charge in [-0.15, -0.1) is 11.3 Å². The molecule has 0 unspecified atom stereocenters. The third-order valence-corrected chi connectivity index (χ3v) is 8.10. The minimum atomic E-state index is -0.683. The van der Waals surface area contributed by atoms with E-state index in [1.165, 1.54) is 19.2 Å². The predicted octanol–water partition coefficient (Wildman–Crippen LogP) is 6.56. The molecule has 2 aliphatic rings. The molecule has 5 nitrogen and oxygen atoms in total. The number of hydrogen-bond acceptors (Lipinski definition) is 6. The van der Waals surface area contributed by atoms with Crippen LogP contribution >= 0.6 is 11.3 Å². The van der Waals surface area contributed by atoms with Gasteiger partial charge in [-0.2, -0.15) is 0 Å². The monoisotopic (exact) mass is 507 g/mol. The molecule has 0 saturated heterocycles. The Morgan fingerprint density at radius 1 is 1.22 bits per heavy atom. The van der Waals surface area contributed by atoms with Crippen LogP contribution in [0.3, 0.4) is 0 Å². The Hall–Kier alpha value is -3.03. The second-order valence-corrected chi connectivity index (χ2v) is 10.6. The number of ether oxygens (including phenoxy) is 3. The van der Waals surface area contributed by atoms with E-state index in [9.17, 15) is 9.18 Å². The van der Waals surface area contributed by atoms with Crippen LogP contribution in [0.25, 0.3) is 16.0 Å². The van der Waals surface area contributed by atoms with Crippen LogP contribution < -0.4 is 4.74 Å². The fourth-order valence-electron chi connectivity index (χ4n) is 5.56. The molecule has 3 atom stereocenters. The number of aryl methyl sites for hydroxylation is 1. The molecule has 2 aromatic carbocycles. The molecule has 36 heavy (non-hydrogen) atoms. The van der Waals surface area contributed by atoms with Crippen LogP contribution in [0.2, 0.25) is 0 Å². The minimum Gasteiger partial charge on any atom is -0.490 e. The van der Waals surface area contributed by atoms with Gasteiger partial charge in [-0.05, 0) is 86.7 Å². The molecule has 5 rings (SSSR count). The Balaban J connectivity index is 1.60. The van der Waals surface area contributed by atoms with Crippen molar-refractivity contribution in [2.24, 2.45) is 5.92 Å². The number of thiazole rings is 1. The highest BCUT2D eigenvalue weighted by atomic mass is 32.1. The number of rotatable bonds is 6. The molecule has 1 aliphatic heterocycles. The van der Waals surface area contributed by atoms with Crippen molar-refractivity contribution < 1.29 is 23.4 Å². The van der Waals surface area contributed by atoms with E-state index in [-0.39, 0.29) is 29.7 Å². The summed E-state index contributed by atoms with van der Waals surface area (Å²) in [5, 5.41) is 0. The van der Waals surface area contributed by atoms with Crippen molar-refractivity contribution in [2.45, 2.75) is 51.2 Å². The SMILES string of the molecule is COC(=O)[C@H]1CC[C@@]2(C=C(c3cc(-c4scnc4C)ccc3OC(C)C)CO2)[C@@H]1c1ccc(F)cc1. The lowest BCUT2D eigenvalue weighted by molar-refractivity contribution is -0.146. The van der Waals surface area contributed by atoms with Crippen molar-refractivity contribution in [2.75, 3.05) is 13.7 Å². The molecule has 1 aromatic heterocycles. The first kappa shape index (κ1) is 24.7. The minimum absolute atomic E-state index is 0.0128. The summed E-state index contributed by atoms with van der Waals surface area (Å²) in [6.07, 6.45) is 3.48. The lowest BCUT2D eigenvalue weighted by atomic mass is 9.79. The number of methoxy groups -OCH3 is 1. The van der Waals surface area contributed by atoms with Crippen LogP contribution in [-0.2, 0) is 14.3 Å². The smallest absolute Gasteiger partial charge is 0.309 e. The van der Waals surface area contributed by atoms with E-state index in [0.717, 1.165) is 38.6 Å². The van der Waals surface area contributed by atoms with E-state index in [0.29, 0.717) is 19.4 Å². The molecule has 1 fully saturated rings. The topological polar surface area (TPSA) is 57.7 Å². The third-order valence-electron chi connectivity index (χ3n) is 7.12. The zero-order valence-corrected chi connectivity index (χ0v) is 21.7. The number of carbonyl (C=O) groups excluding carboxylic acids is 1. The third kappa shape index (κ3) is 4.46. The molecule has 0 radical (unpaired) electrons. The molecular weight excluding hydrogens is 477 g/mol. The zero-order valence-electron chi connectivity index (χ0n) is 20.9. The van der Waals surface area contributed by atoms with E-state index in [1.807, 2.05) is 32.3 Å². The fraction of sp³-hybridized carbons (Fsp3) is 0.379. The molecule has 0 amide bonds. The first-order valence-electron chi connectivity index (χ1n) is 12.2. The molecule has 3 aromatic rings. The number of esters is 1. The normalized spacial score (nSPS) is 23.3. The molecule has 0 bridgehead atoms. The van der Waals surface area contributed by atoms with Crippen LogP contribution in [-0.4, -0.2) is 36.4 Å². The summed E-state index contributed by atoms with van der Waals surface area (Å²) in [5.41, 5.74) is 6.11. The Bertz CT molecular complexity index is 1300. The van der Waals surface area contributed by atoms with Crippen molar-refractivity contribution in [3.8, 4) is 16.2 Å². The van der Waals surface area contributed by atoms with Crippen LogP contribution in [0.1, 0.15) is 49.4 Å². The highest BCUT2D eigenvalue weighted by Gasteiger charge is 2.54. The number of benzene rings is 2. The van der Waals surface area contributed by atoms with Gasteiger partial charge in [-0.3, -0.25) is 4.79 Å². The molecule has 7 heteroatoms. The second-order valence-electron chi connectivity index (χ2n) is 9.76. The molecule has 1 aliphatic carbocycles. The molecular formula is C29H30FNO4S. The summed E-state index contributed by atoms with van der Waals surface area (Å²) in [4.78, 5) is 18.3. The van der Waals surface area contributed by atoms with Gasteiger partial charge in [0.2, 0.25) is 0 Å². The van der Waals surface area contributed by atoms with Crippen LogP contribution in [0, 0.1) is 18.7 Å². The van der Waals surface area contributed by atoms with E-state index >= 15 is 0 Å². The quantitative estimate of drug-likeness (QED) is 0.354. The number of carbonyl (C=O) groups is 1. The van der Waals surface area contributed by atoms with E-state index in [4.69, 9.17) is 14.2 Å². The summed E-state index contributed by atoms with van der Waals surface area (Å²) in [6.45, 7) is 6.42. The second kappa shape index (κ2) is 9.79. The van der Waals surface area contributed by atoms with Gasteiger partial charge < -0.3 is 14.2 Å². The Labute approximate surface area is 214 Å². The van der Waals surface area contributed by atoms with Crippen LogP contribution in [0.5, 0.6) is 5.75 Å². The number of nitrogens with zero attached hydrogens (tertiary/aromatic N) is 1. The fourth-order valence-corrected chi connectivity index (χ4v) is 6.36. The standard InChI is InChI=1S/C29H30FNO4S/c1-17(2)35-25-10-7-20(27-18(3)31-16-36-27)13-24(25)21-14-29(34-15-21)12-11-23(28(32)33-4)26(29)19-5-8-22(30)9-6-19/h5-10,13-14,16-17,23,26H,11-12,15H2,1-4H3/t23-,26+,29+/m0/s1. The molecule has 188 valence electrons. The number of halogens is 1. The van der Waals surface area contributed by atoms with Gasteiger partial charge in [0, 0.05) is 11.5 Å². The summed E-state index contributed by atoms with van der Waals surface area (Å²) in [5.74, 6) is -0.422. The lowest BCUT2D eigenvalue weighted by Crippen LogP contribution is -2.34. The first-order valence-corrected chi connectivity index (χ1v) is 13.1. The van der Waals surface area contributed by atoms with Crippen molar-refractivity contribution in [1.82, 2.24) is 4.98 Å². The zero-order chi connectivity index (χ0) is 25.4.